The maximum absolute atomic E-state index is 11.6. The molecule has 3 N–H and O–H groups in total. The number of aromatic hydroxyl groups is 1. The van der Waals surface area contributed by atoms with Gasteiger partial charge in [0.05, 0.1) is 6.04 Å². The number of amides is 1. The van der Waals surface area contributed by atoms with Crippen molar-refractivity contribution in [1.82, 2.24) is 5.32 Å². The molecule has 0 saturated carbocycles. The van der Waals surface area contributed by atoms with Crippen LogP contribution >= 0.6 is 0 Å². The Morgan fingerprint density at radius 1 is 1.43 bits per heavy atom. The van der Waals surface area contributed by atoms with E-state index in [0.717, 1.165) is 18.4 Å². The van der Waals surface area contributed by atoms with Crippen molar-refractivity contribution in [2.24, 2.45) is 0 Å². The third-order valence-electron chi connectivity index (χ3n) is 3.32. The van der Waals surface area contributed by atoms with Crippen molar-refractivity contribution in [1.29, 1.82) is 0 Å². The Morgan fingerprint density at radius 3 is 2.71 bits per heavy atom. The van der Waals surface area contributed by atoms with Crippen molar-refractivity contribution in [3.63, 3.8) is 0 Å². The first-order valence-electron chi connectivity index (χ1n) is 7.36. The summed E-state index contributed by atoms with van der Waals surface area (Å²) in [6.45, 7) is 5.90. The van der Waals surface area contributed by atoms with E-state index in [0.29, 0.717) is 12.1 Å². The molecule has 0 bridgehead atoms. The lowest BCUT2D eigenvalue weighted by Crippen LogP contribution is -2.29. The predicted octanol–water partition coefficient (Wildman–Crippen LogP) is 3.19. The lowest BCUT2D eigenvalue weighted by Gasteiger charge is -2.20. The summed E-state index contributed by atoms with van der Waals surface area (Å²) in [5, 5.41) is 16.1. The predicted molar refractivity (Wildman–Crippen MR) is 86.1 cm³/mol. The summed E-state index contributed by atoms with van der Waals surface area (Å²) in [6.07, 6.45) is 7.54. The number of phenols is 1. The van der Waals surface area contributed by atoms with Gasteiger partial charge in [0.2, 0.25) is 5.91 Å². The zero-order chi connectivity index (χ0) is 15.8. The number of carbonyl (C=O) groups excluding carboxylic acids is 1. The Bertz CT molecular complexity index is 520. The molecule has 0 aromatic heterocycles. The van der Waals surface area contributed by atoms with E-state index in [1.165, 1.54) is 0 Å². The van der Waals surface area contributed by atoms with Crippen molar-refractivity contribution in [2.45, 2.75) is 52.1 Å². The van der Waals surface area contributed by atoms with E-state index < -0.39 is 0 Å². The molecule has 114 valence electrons. The zero-order valence-electron chi connectivity index (χ0n) is 12.9. The molecule has 1 aromatic rings. The van der Waals surface area contributed by atoms with Gasteiger partial charge in [0, 0.05) is 23.7 Å². The Labute approximate surface area is 127 Å². The topological polar surface area (TPSA) is 61.4 Å². The number of nitrogens with one attached hydrogen (secondary N) is 2. The molecule has 0 aliphatic rings. The molecular weight excluding hydrogens is 264 g/mol. The van der Waals surface area contributed by atoms with E-state index in [2.05, 4.69) is 16.6 Å². The van der Waals surface area contributed by atoms with E-state index in [4.69, 9.17) is 6.42 Å². The van der Waals surface area contributed by atoms with Gasteiger partial charge in [-0.15, -0.1) is 6.42 Å². The molecule has 0 aliphatic heterocycles. The van der Waals surface area contributed by atoms with Crippen molar-refractivity contribution in [3.8, 4) is 18.1 Å². The molecule has 0 heterocycles. The summed E-state index contributed by atoms with van der Waals surface area (Å²) in [6, 6.07) is 4.92. The maximum atomic E-state index is 11.6. The lowest BCUT2D eigenvalue weighted by molar-refractivity contribution is -0.116. The van der Waals surface area contributed by atoms with Crippen LogP contribution in [-0.2, 0) is 4.79 Å². The molecular formula is C17H24N2O2. The van der Waals surface area contributed by atoms with Crippen molar-refractivity contribution in [2.75, 3.05) is 5.32 Å². The fourth-order valence-corrected chi connectivity index (χ4v) is 2.11. The van der Waals surface area contributed by atoms with Crippen LogP contribution in [0.1, 0.15) is 51.6 Å². The fourth-order valence-electron chi connectivity index (χ4n) is 2.11. The van der Waals surface area contributed by atoms with E-state index in [1.54, 1.807) is 18.2 Å². The van der Waals surface area contributed by atoms with Gasteiger partial charge in [-0.05, 0) is 38.0 Å². The third kappa shape index (κ3) is 5.13. The highest BCUT2D eigenvalue weighted by atomic mass is 16.3. The molecule has 2 atom stereocenters. The Balaban J connectivity index is 2.86. The molecule has 4 heteroatoms. The number of hydrogen-bond acceptors (Lipinski definition) is 3. The van der Waals surface area contributed by atoms with Crippen LogP contribution in [0.4, 0.5) is 5.69 Å². The van der Waals surface area contributed by atoms with Gasteiger partial charge in [-0.1, -0.05) is 19.8 Å². The molecule has 4 nitrogen and oxygen atoms in total. The summed E-state index contributed by atoms with van der Waals surface area (Å²) < 4.78 is 0. The monoisotopic (exact) mass is 288 g/mol. The summed E-state index contributed by atoms with van der Waals surface area (Å²) in [7, 11) is 0. The molecule has 21 heavy (non-hydrogen) atoms. The van der Waals surface area contributed by atoms with Crippen LogP contribution in [0.3, 0.4) is 0 Å². The first-order chi connectivity index (χ1) is 10.0. The molecule has 0 spiro atoms. The van der Waals surface area contributed by atoms with Crippen molar-refractivity contribution >= 4 is 11.6 Å². The fraction of sp³-hybridized carbons (Fsp3) is 0.471. The second-order valence-corrected chi connectivity index (χ2v) is 5.09. The largest absolute Gasteiger partial charge is 0.508 e. The van der Waals surface area contributed by atoms with E-state index >= 15 is 0 Å². The number of rotatable bonds is 7. The van der Waals surface area contributed by atoms with Crippen molar-refractivity contribution in [3.05, 3.63) is 23.8 Å². The first-order valence-corrected chi connectivity index (χ1v) is 7.36. The second-order valence-electron chi connectivity index (χ2n) is 5.09. The minimum atomic E-state index is -0.103. The van der Waals surface area contributed by atoms with Gasteiger partial charge >= 0.3 is 0 Å². The highest BCUT2D eigenvalue weighted by molar-refractivity contribution is 5.90. The minimum absolute atomic E-state index is 0.0233. The third-order valence-corrected chi connectivity index (χ3v) is 3.32. The molecule has 0 saturated heterocycles. The van der Waals surface area contributed by atoms with Crippen LogP contribution in [0.25, 0.3) is 0 Å². The van der Waals surface area contributed by atoms with E-state index in [-0.39, 0.29) is 23.7 Å². The quantitative estimate of drug-likeness (QED) is 0.533. The second kappa shape index (κ2) is 8.33. The molecule has 2 unspecified atom stereocenters. The average molecular weight is 288 g/mol. The van der Waals surface area contributed by atoms with Gasteiger partial charge in [0.1, 0.15) is 5.75 Å². The van der Waals surface area contributed by atoms with Gasteiger partial charge in [0.25, 0.3) is 0 Å². The molecule has 0 radical (unpaired) electrons. The number of hydrogen-bond donors (Lipinski definition) is 3. The van der Waals surface area contributed by atoms with Crippen LogP contribution in [0.5, 0.6) is 5.75 Å². The number of phenolic OH excluding ortho intramolecular Hbond substituents is 1. The van der Waals surface area contributed by atoms with Crippen LogP contribution in [0.2, 0.25) is 0 Å². The van der Waals surface area contributed by atoms with Crippen LogP contribution < -0.4 is 10.6 Å². The maximum Gasteiger partial charge on any atom is 0.224 e. The van der Waals surface area contributed by atoms with Crippen LogP contribution in [0.15, 0.2) is 18.2 Å². The van der Waals surface area contributed by atoms with Crippen LogP contribution in [0, 0.1) is 12.3 Å². The van der Waals surface area contributed by atoms with Gasteiger partial charge in [0.15, 0.2) is 0 Å². The van der Waals surface area contributed by atoms with E-state index in [9.17, 15) is 9.90 Å². The highest BCUT2D eigenvalue weighted by Crippen LogP contribution is 2.27. The molecule has 1 rings (SSSR count). The number of terminal acetylenes is 1. The number of anilines is 1. The molecule has 1 aromatic carbocycles. The van der Waals surface area contributed by atoms with Crippen molar-refractivity contribution < 1.29 is 9.90 Å². The highest BCUT2D eigenvalue weighted by Gasteiger charge is 2.14. The first kappa shape index (κ1) is 17.1. The average Bonchev–Trinajstić information content (AvgIpc) is 2.46. The van der Waals surface area contributed by atoms with Gasteiger partial charge in [-0.25, -0.2) is 0 Å². The normalized spacial score (nSPS) is 13.2. The van der Waals surface area contributed by atoms with Gasteiger partial charge < -0.3 is 10.4 Å². The van der Waals surface area contributed by atoms with Gasteiger partial charge in [-0.3, -0.25) is 10.1 Å². The summed E-state index contributed by atoms with van der Waals surface area (Å²) in [4.78, 5) is 11.6. The Hall–Kier alpha value is -1.99. The molecule has 0 fully saturated rings. The summed E-state index contributed by atoms with van der Waals surface area (Å²) in [5.74, 6) is 2.84. The van der Waals surface area contributed by atoms with E-state index in [1.807, 2.05) is 20.8 Å². The van der Waals surface area contributed by atoms with Crippen LogP contribution in [-0.4, -0.2) is 17.1 Å². The summed E-state index contributed by atoms with van der Waals surface area (Å²) >= 11 is 0. The number of carbonyl (C=O) groups is 1. The SMILES string of the molecule is C#CC(CC)NC(C)c1cc(NC(=O)CCC)ccc1O. The molecule has 0 aliphatic carbocycles. The Morgan fingerprint density at radius 2 is 2.14 bits per heavy atom. The standard InChI is InChI=1S/C17H24N2O2/c1-5-8-17(21)19-14-9-10-16(20)15(11-14)12(4)18-13(6-2)7-3/h2,9-13,18,20H,5,7-8H2,1,3-4H3,(H,19,21). The smallest absolute Gasteiger partial charge is 0.224 e. The van der Waals surface area contributed by atoms with Gasteiger partial charge in [-0.2, -0.15) is 0 Å². The Kier molecular flexibility index (Phi) is 6.77. The summed E-state index contributed by atoms with van der Waals surface area (Å²) in [5.41, 5.74) is 1.40. The number of benzene rings is 1. The lowest BCUT2D eigenvalue weighted by atomic mass is 10.0. The molecule has 1 amide bonds. The minimum Gasteiger partial charge on any atom is -0.508 e. The zero-order valence-corrected chi connectivity index (χ0v) is 12.9.